The standard InChI is InChI=1S/C14H18Cl2O2/c1-4-14(5-2,18-3)13(17)8-10-6-7-11(15)9-12(10)16/h6-7,9H,4-5,8H2,1-3H3. The van der Waals surface area contributed by atoms with Crippen LogP contribution < -0.4 is 0 Å². The first-order valence-corrected chi connectivity index (χ1v) is 6.77. The van der Waals surface area contributed by atoms with Gasteiger partial charge in [0.15, 0.2) is 5.78 Å². The molecule has 2 nitrogen and oxygen atoms in total. The Kier molecular flexibility index (Phi) is 5.64. The van der Waals surface area contributed by atoms with Gasteiger partial charge in [-0.2, -0.15) is 0 Å². The van der Waals surface area contributed by atoms with E-state index in [0.29, 0.717) is 22.9 Å². The first-order chi connectivity index (χ1) is 8.49. The molecule has 0 saturated carbocycles. The molecule has 0 bridgehead atoms. The fourth-order valence-corrected chi connectivity index (χ4v) is 2.52. The van der Waals surface area contributed by atoms with Gasteiger partial charge in [0.2, 0.25) is 0 Å². The second kappa shape index (κ2) is 6.55. The van der Waals surface area contributed by atoms with Crippen molar-refractivity contribution >= 4 is 29.0 Å². The van der Waals surface area contributed by atoms with Crippen molar-refractivity contribution in [3.05, 3.63) is 33.8 Å². The highest BCUT2D eigenvalue weighted by Gasteiger charge is 2.34. The summed E-state index contributed by atoms with van der Waals surface area (Å²) in [4.78, 5) is 12.3. The van der Waals surface area contributed by atoms with Gasteiger partial charge in [0.1, 0.15) is 5.60 Å². The normalized spacial score (nSPS) is 11.6. The van der Waals surface area contributed by atoms with E-state index in [2.05, 4.69) is 0 Å². The second-order valence-corrected chi connectivity index (χ2v) is 5.08. The number of halogens is 2. The molecule has 1 rings (SSSR count). The molecule has 0 heterocycles. The quantitative estimate of drug-likeness (QED) is 0.780. The molecule has 100 valence electrons. The minimum absolute atomic E-state index is 0.0548. The van der Waals surface area contributed by atoms with Crippen LogP contribution in [0.2, 0.25) is 10.0 Å². The average molecular weight is 289 g/mol. The zero-order valence-corrected chi connectivity index (χ0v) is 12.4. The van der Waals surface area contributed by atoms with Gasteiger partial charge in [0, 0.05) is 23.6 Å². The number of hydrogen-bond acceptors (Lipinski definition) is 2. The van der Waals surface area contributed by atoms with E-state index in [4.69, 9.17) is 27.9 Å². The predicted molar refractivity (Wildman–Crippen MR) is 75.5 cm³/mol. The summed E-state index contributed by atoms with van der Waals surface area (Å²) in [5, 5.41) is 1.09. The van der Waals surface area contributed by atoms with Gasteiger partial charge in [-0.3, -0.25) is 4.79 Å². The highest BCUT2D eigenvalue weighted by molar-refractivity contribution is 6.35. The van der Waals surface area contributed by atoms with Crippen LogP contribution in [0.4, 0.5) is 0 Å². The number of ketones is 1. The fourth-order valence-electron chi connectivity index (χ4n) is 2.05. The molecule has 0 aliphatic rings. The van der Waals surface area contributed by atoms with Crippen molar-refractivity contribution in [1.29, 1.82) is 0 Å². The Labute approximate surface area is 118 Å². The van der Waals surface area contributed by atoms with Crippen molar-refractivity contribution in [3.8, 4) is 0 Å². The lowest BCUT2D eigenvalue weighted by Crippen LogP contribution is -2.40. The molecule has 0 N–H and O–H groups in total. The molecule has 0 radical (unpaired) electrons. The monoisotopic (exact) mass is 288 g/mol. The summed E-state index contributed by atoms with van der Waals surface area (Å²) in [5.41, 5.74) is 0.0811. The highest BCUT2D eigenvalue weighted by Crippen LogP contribution is 2.26. The molecule has 0 aliphatic carbocycles. The lowest BCUT2D eigenvalue weighted by atomic mass is 9.88. The zero-order valence-electron chi connectivity index (χ0n) is 10.9. The van der Waals surface area contributed by atoms with Gasteiger partial charge in [0.25, 0.3) is 0 Å². The van der Waals surface area contributed by atoms with Crippen LogP contribution in [0.3, 0.4) is 0 Å². The van der Waals surface area contributed by atoms with Crippen LogP contribution in [0, 0.1) is 0 Å². The number of benzene rings is 1. The lowest BCUT2D eigenvalue weighted by Gasteiger charge is -2.28. The first kappa shape index (κ1) is 15.5. The lowest BCUT2D eigenvalue weighted by molar-refractivity contribution is -0.141. The summed E-state index contributed by atoms with van der Waals surface area (Å²) in [6.07, 6.45) is 1.58. The molecule has 1 aromatic rings. The maximum Gasteiger partial charge on any atom is 0.168 e. The van der Waals surface area contributed by atoms with Crippen LogP contribution in [0.25, 0.3) is 0 Å². The molecule has 0 fully saturated rings. The van der Waals surface area contributed by atoms with E-state index in [1.165, 1.54) is 0 Å². The van der Waals surface area contributed by atoms with Gasteiger partial charge >= 0.3 is 0 Å². The number of Topliss-reactive ketones (excluding diaryl/α,β-unsaturated/α-hetero) is 1. The summed E-state index contributed by atoms with van der Waals surface area (Å²) in [6, 6.07) is 5.18. The van der Waals surface area contributed by atoms with Crippen molar-refractivity contribution in [2.24, 2.45) is 0 Å². The Balaban J connectivity index is 2.93. The summed E-state index contributed by atoms with van der Waals surface area (Å²) in [6.45, 7) is 3.91. The van der Waals surface area contributed by atoms with E-state index in [1.54, 1.807) is 25.3 Å². The Bertz CT molecular complexity index is 418. The van der Waals surface area contributed by atoms with E-state index in [0.717, 1.165) is 5.56 Å². The SMILES string of the molecule is CCC(CC)(OC)C(=O)Cc1ccc(Cl)cc1Cl. The van der Waals surface area contributed by atoms with Crippen molar-refractivity contribution in [2.75, 3.05) is 7.11 Å². The average Bonchev–Trinajstić information content (AvgIpc) is 2.36. The summed E-state index contributed by atoms with van der Waals surface area (Å²) in [5.74, 6) is 0.0548. The van der Waals surface area contributed by atoms with Gasteiger partial charge in [0.05, 0.1) is 0 Å². The van der Waals surface area contributed by atoms with Crippen LogP contribution in [0.5, 0.6) is 0 Å². The predicted octanol–water partition coefficient (Wildman–Crippen LogP) is 4.31. The molecule has 0 saturated heterocycles. The molecule has 0 aliphatic heterocycles. The maximum absolute atomic E-state index is 12.3. The Morgan fingerprint density at radius 1 is 1.28 bits per heavy atom. The van der Waals surface area contributed by atoms with Crippen molar-refractivity contribution < 1.29 is 9.53 Å². The van der Waals surface area contributed by atoms with E-state index in [1.807, 2.05) is 13.8 Å². The summed E-state index contributed by atoms with van der Waals surface area (Å²) in [7, 11) is 1.58. The summed E-state index contributed by atoms with van der Waals surface area (Å²) < 4.78 is 5.42. The Morgan fingerprint density at radius 2 is 1.89 bits per heavy atom. The third-order valence-corrected chi connectivity index (χ3v) is 3.99. The Morgan fingerprint density at radius 3 is 2.33 bits per heavy atom. The van der Waals surface area contributed by atoms with Crippen LogP contribution >= 0.6 is 23.2 Å². The third-order valence-electron chi connectivity index (χ3n) is 3.41. The first-order valence-electron chi connectivity index (χ1n) is 6.01. The number of ether oxygens (including phenoxy) is 1. The smallest absolute Gasteiger partial charge is 0.168 e. The molecular weight excluding hydrogens is 271 g/mol. The van der Waals surface area contributed by atoms with Crippen molar-refractivity contribution in [3.63, 3.8) is 0 Å². The van der Waals surface area contributed by atoms with Gasteiger partial charge in [-0.25, -0.2) is 0 Å². The maximum atomic E-state index is 12.3. The number of hydrogen-bond donors (Lipinski definition) is 0. The molecule has 0 atom stereocenters. The fraction of sp³-hybridized carbons (Fsp3) is 0.500. The minimum atomic E-state index is -0.705. The van der Waals surface area contributed by atoms with E-state index < -0.39 is 5.60 Å². The van der Waals surface area contributed by atoms with Gasteiger partial charge < -0.3 is 4.74 Å². The molecule has 18 heavy (non-hydrogen) atoms. The largest absolute Gasteiger partial charge is 0.370 e. The number of carbonyl (C=O) groups is 1. The molecule has 0 unspecified atom stereocenters. The van der Waals surface area contributed by atoms with Crippen LogP contribution in [-0.2, 0) is 16.0 Å². The van der Waals surface area contributed by atoms with Crippen molar-refractivity contribution in [2.45, 2.75) is 38.7 Å². The number of methoxy groups -OCH3 is 1. The van der Waals surface area contributed by atoms with Crippen LogP contribution in [-0.4, -0.2) is 18.5 Å². The van der Waals surface area contributed by atoms with Crippen LogP contribution in [0.1, 0.15) is 32.3 Å². The van der Waals surface area contributed by atoms with Crippen LogP contribution in [0.15, 0.2) is 18.2 Å². The highest BCUT2D eigenvalue weighted by atomic mass is 35.5. The van der Waals surface area contributed by atoms with E-state index in [9.17, 15) is 4.79 Å². The minimum Gasteiger partial charge on any atom is -0.370 e. The molecule has 1 aromatic carbocycles. The van der Waals surface area contributed by atoms with Gasteiger partial charge in [-0.15, -0.1) is 0 Å². The van der Waals surface area contributed by atoms with E-state index >= 15 is 0 Å². The summed E-state index contributed by atoms with van der Waals surface area (Å²) >= 11 is 11.9. The Hall–Kier alpha value is -0.570. The van der Waals surface area contributed by atoms with Crippen molar-refractivity contribution in [1.82, 2.24) is 0 Å². The molecule has 0 aromatic heterocycles. The molecule has 4 heteroatoms. The second-order valence-electron chi connectivity index (χ2n) is 4.24. The molecule has 0 spiro atoms. The van der Waals surface area contributed by atoms with Gasteiger partial charge in [-0.1, -0.05) is 43.1 Å². The van der Waals surface area contributed by atoms with Gasteiger partial charge in [-0.05, 0) is 30.5 Å². The van der Waals surface area contributed by atoms with E-state index in [-0.39, 0.29) is 12.2 Å². The molecule has 0 amide bonds. The number of rotatable bonds is 6. The third kappa shape index (κ3) is 3.25. The zero-order chi connectivity index (χ0) is 13.8. The molecular formula is C14H18Cl2O2. The topological polar surface area (TPSA) is 26.3 Å². The number of carbonyl (C=O) groups excluding carboxylic acids is 1.